The van der Waals surface area contributed by atoms with Crippen LogP contribution in [-0.4, -0.2) is 5.97 Å². The third kappa shape index (κ3) is 9.86. The van der Waals surface area contributed by atoms with Gasteiger partial charge in [-0.1, -0.05) is 44.8 Å². The molecule has 0 aliphatic heterocycles. The summed E-state index contributed by atoms with van der Waals surface area (Å²) in [5, 5.41) is 0. The van der Waals surface area contributed by atoms with Crippen LogP contribution in [0.3, 0.4) is 0 Å². The molecule has 98 valence electrons. The van der Waals surface area contributed by atoms with Crippen molar-refractivity contribution in [3.05, 3.63) is 23.5 Å². The van der Waals surface area contributed by atoms with E-state index in [9.17, 15) is 4.79 Å². The number of unbranched alkanes of at least 4 members (excludes halogenated alkanes) is 5. The Morgan fingerprint density at radius 2 is 1.71 bits per heavy atom. The Morgan fingerprint density at radius 3 is 2.29 bits per heavy atom. The lowest BCUT2D eigenvalue weighted by Crippen LogP contribution is -1.97. The standard InChI is InChI=1S/C15H26O2/c1-5-6-7-8-9-10-11-12-13(2)14(3)17-15(4)16/h11-12H,5-10H2,1-4H3/b12-11+,14-13+. The minimum Gasteiger partial charge on any atom is -0.431 e. The summed E-state index contributed by atoms with van der Waals surface area (Å²) in [4.78, 5) is 10.8. The zero-order chi connectivity index (χ0) is 13.1. The molecule has 0 rings (SSSR count). The molecule has 0 aromatic rings. The van der Waals surface area contributed by atoms with E-state index in [1.54, 1.807) is 0 Å². The van der Waals surface area contributed by atoms with Gasteiger partial charge in [-0.15, -0.1) is 0 Å². The maximum Gasteiger partial charge on any atom is 0.307 e. The first-order valence-corrected chi connectivity index (χ1v) is 6.60. The fourth-order valence-corrected chi connectivity index (χ4v) is 1.54. The number of rotatable bonds is 8. The molecule has 0 aliphatic carbocycles. The SMILES string of the molecule is CCCCCCC/C=C/C(C)=C(\C)OC(C)=O. The lowest BCUT2D eigenvalue weighted by atomic mass is 10.1. The maximum absolute atomic E-state index is 10.8. The van der Waals surface area contributed by atoms with Crippen molar-refractivity contribution in [3.63, 3.8) is 0 Å². The van der Waals surface area contributed by atoms with E-state index in [1.807, 2.05) is 19.9 Å². The molecule has 0 bridgehead atoms. The van der Waals surface area contributed by atoms with Crippen molar-refractivity contribution in [2.75, 3.05) is 0 Å². The molecule has 2 nitrogen and oxygen atoms in total. The molecule has 2 heteroatoms. The molecule has 0 aromatic carbocycles. The number of carbonyl (C=O) groups is 1. The van der Waals surface area contributed by atoms with Gasteiger partial charge in [0.2, 0.25) is 0 Å². The molecule has 0 spiro atoms. The maximum atomic E-state index is 10.8. The van der Waals surface area contributed by atoms with Crippen LogP contribution in [0.2, 0.25) is 0 Å². The third-order valence-corrected chi connectivity index (χ3v) is 2.69. The van der Waals surface area contributed by atoms with Gasteiger partial charge in [-0.3, -0.25) is 4.79 Å². The minimum absolute atomic E-state index is 0.255. The number of hydrogen-bond donors (Lipinski definition) is 0. The number of carbonyl (C=O) groups excluding carboxylic acids is 1. The smallest absolute Gasteiger partial charge is 0.307 e. The number of allylic oxidation sites excluding steroid dienone is 4. The van der Waals surface area contributed by atoms with Crippen LogP contribution in [0, 0.1) is 0 Å². The molecule has 0 radical (unpaired) electrons. The Kier molecular flexibility index (Phi) is 9.50. The van der Waals surface area contributed by atoms with Crippen molar-refractivity contribution in [1.82, 2.24) is 0 Å². The first-order valence-electron chi connectivity index (χ1n) is 6.60. The van der Waals surface area contributed by atoms with Gasteiger partial charge in [0, 0.05) is 6.92 Å². The summed E-state index contributed by atoms with van der Waals surface area (Å²) in [6, 6.07) is 0. The van der Waals surface area contributed by atoms with Crippen LogP contribution in [0.15, 0.2) is 23.5 Å². The second-order valence-electron chi connectivity index (χ2n) is 4.44. The van der Waals surface area contributed by atoms with E-state index < -0.39 is 0 Å². The van der Waals surface area contributed by atoms with Gasteiger partial charge in [0.1, 0.15) is 5.76 Å². The zero-order valence-corrected chi connectivity index (χ0v) is 11.7. The molecule has 0 unspecified atom stereocenters. The predicted molar refractivity (Wildman–Crippen MR) is 72.7 cm³/mol. The normalized spacial score (nSPS) is 12.7. The van der Waals surface area contributed by atoms with Gasteiger partial charge >= 0.3 is 5.97 Å². The largest absolute Gasteiger partial charge is 0.431 e. The van der Waals surface area contributed by atoms with E-state index in [1.165, 1.54) is 39.0 Å². The Labute approximate surface area is 106 Å². The highest BCUT2D eigenvalue weighted by Gasteiger charge is 1.97. The van der Waals surface area contributed by atoms with E-state index in [-0.39, 0.29) is 5.97 Å². The Bertz CT molecular complexity index is 275. The van der Waals surface area contributed by atoms with Gasteiger partial charge in [0.05, 0.1) is 0 Å². The molecule has 17 heavy (non-hydrogen) atoms. The van der Waals surface area contributed by atoms with Crippen molar-refractivity contribution >= 4 is 5.97 Å². The minimum atomic E-state index is -0.255. The fraction of sp³-hybridized carbons (Fsp3) is 0.667. The molecule has 0 heterocycles. The first kappa shape index (κ1) is 16.0. The van der Waals surface area contributed by atoms with Crippen LogP contribution in [0.25, 0.3) is 0 Å². The monoisotopic (exact) mass is 238 g/mol. The highest BCUT2D eigenvalue weighted by Crippen LogP contribution is 2.09. The number of ether oxygens (including phenoxy) is 1. The fourth-order valence-electron chi connectivity index (χ4n) is 1.54. The molecule has 0 fully saturated rings. The number of hydrogen-bond acceptors (Lipinski definition) is 2. The van der Waals surface area contributed by atoms with Crippen LogP contribution in [0.1, 0.15) is 66.2 Å². The Hall–Kier alpha value is -1.05. The van der Waals surface area contributed by atoms with Gasteiger partial charge in [-0.25, -0.2) is 0 Å². The van der Waals surface area contributed by atoms with Gasteiger partial charge in [-0.05, 0) is 32.3 Å². The molecule has 0 aromatic heterocycles. The quantitative estimate of drug-likeness (QED) is 0.264. The molecule has 0 N–H and O–H groups in total. The van der Waals surface area contributed by atoms with E-state index >= 15 is 0 Å². The van der Waals surface area contributed by atoms with Gasteiger partial charge in [-0.2, -0.15) is 0 Å². The lowest BCUT2D eigenvalue weighted by Gasteiger charge is -2.03. The predicted octanol–water partition coefficient (Wildman–Crippen LogP) is 4.76. The van der Waals surface area contributed by atoms with Gasteiger partial charge in [0.15, 0.2) is 0 Å². The van der Waals surface area contributed by atoms with Crippen LogP contribution in [0.4, 0.5) is 0 Å². The average molecular weight is 238 g/mol. The highest BCUT2D eigenvalue weighted by atomic mass is 16.5. The molecule has 0 atom stereocenters. The number of esters is 1. The summed E-state index contributed by atoms with van der Waals surface area (Å²) in [6.07, 6.45) is 11.8. The summed E-state index contributed by atoms with van der Waals surface area (Å²) in [5.74, 6) is 0.439. The molecular weight excluding hydrogens is 212 g/mol. The highest BCUT2D eigenvalue weighted by molar-refractivity contribution is 5.67. The topological polar surface area (TPSA) is 26.3 Å². The molecule has 0 aliphatic rings. The van der Waals surface area contributed by atoms with E-state index in [0.717, 1.165) is 12.0 Å². The van der Waals surface area contributed by atoms with Crippen LogP contribution in [0.5, 0.6) is 0 Å². The van der Waals surface area contributed by atoms with Crippen molar-refractivity contribution in [1.29, 1.82) is 0 Å². The summed E-state index contributed by atoms with van der Waals surface area (Å²) in [5.41, 5.74) is 1.02. The lowest BCUT2D eigenvalue weighted by molar-refractivity contribution is -0.136. The average Bonchev–Trinajstić information content (AvgIpc) is 2.26. The second-order valence-corrected chi connectivity index (χ2v) is 4.44. The molecule has 0 saturated carbocycles. The first-order chi connectivity index (χ1) is 8.07. The van der Waals surface area contributed by atoms with Crippen molar-refractivity contribution in [2.45, 2.75) is 66.2 Å². The van der Waals surface area contributed by atoms with Crippen LogP contribution >= 0.6 is 0 Å². The van der Waals surface area contributed by atoms with Gasteiger partial charge in [0.25, 0.3) is 0 Å². The van der Waals surface area contributed by atoms with E-state index in [4.69, 9.17) is 4.74 Å². The summed E-state index contributed by atoms with van der Waals surface area (Å²) in [7, 11) is 0. The zero-order valence-electron chi connectivity index (χ0n) is 11.7. The summed E-state index contributed by atoms with van der Waals surface area (Å²) in [6.45, 7) is 7.44. The third-order valence-electron chi connectivity index (χ3n) is 2.69. The Balaban J connectivity index is 3.79. The van der Waals surface area contributed by atoms with Crippen LogP contribution in [-0.2, 0) is 9.53 Å². The molecular formula is C15H26O2. The van der Waals surface area contributed by atoms with Crippen molar-refractivity contribution in [3.8, 4) is 0 Å². The molecule has 0 saturated heterocycles. The summed E-state index contributed by atoms with van der Waals surface area (Å²) >= 11 is 0. The van der Waals surface area contributed by atoms with Crippen molar-refractivity contribution in [2.24, 2.45) is 0 Å². The summed E-state index contributed by atoms with van der Waals surface area (Å²) < 4.78 is 5.01. The van der Waals surface area contributed by atoms with Crippen molar-refractivity contribution < 1.29 is 9.53 Å². The van der Waals surface area contributed by atoms with E-state index in [2.05, 4.69) is 13.0 Å². The van der Waals surface area contributed by atoms with E-state index in [0.29, 0.717) is 5.76 Å². The Morgan fingerprint density at radius 1 is 1.06 bits per heavy atom. The molecule has 0 amide bonds. The second kappa shape index (κ2) is 10.1. The van der Waals surface area contributed by atoms with Crippen LogP contribution < -0.4 is 0 Å². The van der Waals surface area contributed by atoms with Gasteiger partial charge < -0.3 is 4.74 Å².